The van der Waals surface area contributed by atoms with E-state index < -0.39 is 0 Å². The van der Waals surface area contributed by atoms with Crippen LogP contribution < -0.4 is 10.1 Å². The molecule has 0 saturated carbocycles. The summed E-state index contributed by atoms with van der Waals surface area (Å²) >= 11 is 0. The number of carbonyl (C=O) groups excluding carboxylic acids is 1. The van der Waals surface area contributed by atoms with E-state index in [2.05, 4.69) is 30.8 Å². The molecule has 3 rings (SSSR count). The molecule has 0 aliphatic carbocycles. The Hall–Kier alpha value is -3.15. The average Bonchev–Trinajstić information content (AvgIpc) is 3.19. The van der Waals surface area contributed by atoms with Gasteiger partial charge in [-0.2, -0.15) is 5.10 Å². The van der Waals surface area contributed by atoms with Crippen LogP contribution in [0.2, 0.25) is 0 Å². The number of ether oxygens (including phenoxy) is 1. The summed E-state index contributed by atoms with van der Waals surface area (Å²) in [4.78, 5) is 16.8. The molecule has 0 bridgehead atoms. The minimum absolute atomic E-state index is 0.101. The highest BCUT2D eigenvalue weighted by atomic mass is 16.5. The summed E-state index contributed by atoms with van der Waals surface area (Å²) in [7, 11) is 0. The number of fused-ring (bicyclic) bond motifs is 1. The molecule has 0 atom stereocenters. The number of nitrogens with zero attached hydrogens (tertiary/aromatic N) is 3. The normalized spacial score (nSPS) is 13.3. The second kappa shape index (κ2) is 11.9. The van der Waals surface area contributed by atoms with Crippen molar-refractivity contribution in [1.29, 1.82) is 0 Å². The van der Waals surface area contributed by atoms with Gasteiger partial charge in [0.2, 0.25) is 0 Å². The molecule has 2 heterocycles. The lowest BCUT2D eigenvalue weighted by Crippen LogP contribution is -2.35. The van der Waals surface area contributed by atoms with Crippen LogP contribution in [0.3, 0.4) is 0 Å². The van der Waals surface area contributed by atoms with Gasteiger partial charge >= 0.3 is 0 Å². The predicted octanol–water partition coefficient (Wildman–Crippen LogP) is 5.18. The van der Waals surface area contributed by atoms with Crippen LogP contribution in [0.25, 0.3) is 5.70 Å². The third kappa shape index (κ3) is 6.41. The molecular weight excluding hydrogens is 388 g/mol. The number of rotatable bonds is 7. The van der Waals surface area contributed by atoms with Crippen molar-refractivity contribution in [2.75, 3.05) is 13.2 Å². The number of carbonyl (C=O) groups is 1. The van der Waals surface area contributed by atoms with E-state index in [4.69, 9.17) is 9.73 Å². The van der Waals surface area contributed by atoms with E-state index in [0.29, 0.717) is 43.2 Å². The van der Waals surface area contributed by atoms with Crippen LogP contribution in [0, 0.1) is 6.92 Å². The number of benzene rings is 1. The van der Waals surface area contributed by atoms with E-state index in [1.54, 1.807) is 10.7 Å². The average molecular weight is 423 g/mol. The van der Waals surface area contributed by atoms with Crippen molar-refractivity contribution in [2.24, 2.45) is 4.99 Å². The molecule has 0 spiro atoms. The number of aryl methyl sites for hydroxylation is 1. The summed E-state index contributed by atoms with van der Waals surface area (Å²) in [5, 5.41) is 7.43. The fourth-order valence-corrected chi connectivity index (χ4v) is 3.09. The third-order valence-corrected chi connectivity index (χ3v) is 4.54. The maximum absolute atomic E-state index is 12.0. The molecule has 1 aromatic carbocycles. The molecule has 0 saturated heterocycles. The molecule has 1 aliphatic heterocycles. The summed E-state index contributed by atoms with van der Waals surface area (Å²) in [6.45, 7) is 16.2. The Balaban J connectivity index is 0.00000107. The van der Waals surface area contributed by atoms with E-state index in [0.717, 1.165) is 22.6 Å². The van der Waals surface area contributed by atoms with E-state index in [1.165, 1.54) is 6.42 Å². The predicted molar refractivity (Wildman–Crippen MR) is 128 cm³/mol. The first-order valence-electron chi connectivity index (χ1n) is 10.9. The van der Waals surface area contributed by atoms with Crippen molar-refractivity contribution in [3.05, 3.63) is 65.5 Å². The SMILES string of the molecule is C=C(N=C(CC=CC)c1cc2n(n1)CCNC2=O)c1ccc(OCC)c(C)c1.CCC. The van der Waals surface area contributed by atoms with Gasteiger partial charge in [-0.05, 0) is 50.6 Å². The Morgan fingerprint density at radius 3 is 2.68 bits per heavy atom. The molecule has 6 nitrogen and oxygen atoms in total. The lowest BCUT2D eigenvalue weighted by molar-refractivity contribution is 0.0924. The standard InChI is InChI=1S/C22H26N4O2.C3H8/c1-5-7-8-18(19-14-20-22(27)23-11-12-26(20)25-19)24-16(4)17-9-10-21(28-6-2)15(3)13-17;1-3-2/h5,7,9-10,13-14H,4,6,8,11-12H2,1-3H3,(H,23,27);3H2,1-2H3. The molecule has 1 aliphatic rings. The molecule has 0 radical (unpaired) electrons. The van der Waals surface area contributed by atoms with E-state index >= 15 is 0 Å². The van der Waals surface area contributed by atoms with Gasteiger partial charge in [-0.3, -0.25) is 14.5 Å². The Morgan fingerprint density at radius 1 is 1.32 bits per heavy atom. The van der Waals surface area contributed by atoms with Crippen molar-refractivity contribution in [3.63, 3.8) is 0 Å². The second-order valence-electron chi connectivity index (χ2n) is 7.29. The van der Waals surface area contributed by atoms with Crippen LogP contribution in [0.5, 0.6) is 5.75 Å². The fourth-order valence-electron chi connectivity index (χ4n) is 3.09. The number of allylic oxidation sites excluding steroid dienone is 2. The van der Waals surface area contributed by atoms with Gasteiger partial charge in [-0.25, -0.2) is 0 Å². The number of hydrogen-bond donors (Lipinski definition) is 1. The van der Waals surface area contributed by atoms with Gasteiger partial charge in [0.25, 0.3) is 5.91 Å². The Morgan fingerprint density at radius 2 is 2.06 bits per heavy atom. The Bertz CT molecular complexity index is 970. The van der Waals surface area contributed by atoms with Crippen molar-refractivity contribution in [3.8, 4) is 5.75 Å². The van der Waals surface area contributed by atoms with Crippen molar-refractivity contribution in [1.82, 2.24) is 15.1 Å². The largest absolute Gasteiger partial charge is 0.494 e. The molecule has 0 unspecified atom stereocenters. The maximum atomic E-state index is 12.0. The first kappa shape index (κ1) is 24.1. The molecule has 1 amide bonds. The van der Waals surface area contributed by atoms with Crippen molar-refractivity contribution >= 4 is 17.3 Å². The molecule has 31 heavy (non-hydrogen) atoms. The monoisotopic (exact) mass is 422 g/mol. The zero-order valence-corrected chi connectivity index (χ0v) is 19.4. The maximum Gasteiger partial charge on any atom is 0.269 e. The van der Waals surface area contributed by atoms with Crippen LogP contribution in [0.4, 0.5) is 0 Å². The van der Waals surface area contributed by atoms with E-state index in [1.807, 2.05) is 51.1 Å². The lowest BCUT2D eigenvalue weighted by atomic mass is 10.1. The number of amides is 1. The van der Waals surface area contributed by atoms with Crippen LogP contribution in [-0.2, 0) is 6.54 Å². The smallest absolute Gasteiger partial charge is 0.269 e. The van der Waals surface area contributed by atoms with Gasteiger partial charge in [0, 0.05) is 18.5 Å². The molecule has 166 valence electrons. The molecule has 1 N–H and O–H groups in total. The third-order valence-electron chi connectivity index (χ3n) is 4.54. The second-order valence-corrected chi connectivity index (χ2v) is 7.29. The van der Waals surface area contributed by atoms with Crippen LogP contribution >= 0.6 is 0 Å². The quantitative estimate of drug-likeness (QED) is 0.494. The van der Waals surface area contributed by atoms with Gasteiger partial charge in [0.1, 0.15) is 17.1 Å². The first-order valence-corrected chi connectivity index (χ1v) is 10.9. The van der Waals surface area contributed by atoms with Crippen LogP contribution in [0.15, 0.2) is 48.0 Å². The molecule has 6 heteroatoms. The fraction of sp³-hybridized carbons (Fsp3) is 0.400. The van der Waals surface area contributed by atoms with Gasteiger partial charge < -0.3 is 10.1 Å². The van der Waals surface area contributed by atoms with Gasteiger partial charge in [-0.15, -0.1) is 0 Å². The first-order chi connectivity index (χ1) is 14.9. The van der Waals surface area contributed by atoms with Gasteiger partial charge in [-0.1, -0.05) is 39.0 Å². The van der Waals surface area contributed by atoms with Gasteiger partial charge in [0.05, 0.1) is 24.6 Å². The highest BCUT2D eigenvalue weighted by molar-refractivity contribution is 6.04. The lowest BCUT2D eigenvalue weighted by Gasteiger charge is -2.13. The minimum atomic E-state index is -0.101. The molecule has 1 aromatic heterocycles. The van der Waals surface area contributed by atoms with E-state index in [-0.39, 0.29) is 5.91 Å². The van der Waals surface area contributed by atoms with Crippen LogP contribution in [0.1, 0.15) is 67.8 Å². The van der Waals surface area contributed by atoms with Crippen molar-refractivity contribution < 1.29 is 9.53 Å². The minimum Gasteiger partial charge on any atom is -0.494 e. The summed E-state index contributed by atoms with van der Waals surface area (Å²) in [6.07, 6.45) is 5.86. The summed E-state index contributed by atoms with van der Waals surface area (Å²) < 4.78 is 7.35. The number of aromatic nitrogens is 2. The highest BCUT2D eigenvalue weighted by Crippen LogP contribution is 2.24. The summed E-state index contributed by atoms with van der Waals surface area (Å²) in [6, 6.07) is 7.73. The molecule has 2 aromatic rings. The zero-order chi connectivity index (χ0) is 22.8. The number of hydrogen-bond acceptors (Lipinski definition) is 4. The molecular formula is C25H34N4O2. The Kier molecular flexibility index (Phi) is 9.25. The summed E-state index contributed by atoms with van der Waals surface area (Å²) in [5.74, 6) is 0.765. The Labute approximate surface area is 185 Å². The summed E-state index contributed by atoms with van der Waals surface area (Å²) in [5.41, 5.74) is 4.68. The number of aliphatic imine (C=N–C) groups is 1. The van der Waals surface area contributed by atoms with Crippen molar-refractivity contribution in [2.45, 2.75) is 54.0 Å². The highest BCUT2D eigenvalue weighted by Gasteiger charge is 2.21. The van der Waals surface area contributed by atoms with Crippen LogP contribution in [-0.4, -0.2) is 34.6 Å². The number of nitrogens with one attached hydrogen (secondary N) is 1. The van der Waals surface area contributed by atoms with E-state index in [9.17, 15) is 4.79 Å². The zero-order valence-electron chi connectivity index (χ0n) is 19.4. The topological polar surface area (TPSA) is 68.5 Å². The molecule has 0 fully saturated rings. The van der Waals surface area contributed by atoms with Gasteiger partial charge in [0.15, 0.2) is 0 Å².